The normalized spacial score (nSPS) is 14.6. The Bertz CT molecular complexity index is 573. The third-order valence-electron chi connectivity index (χ3n) is 3.48. The number of hydrogen-bond acceptors (Lipinski definition) is 2. The molecule has 1 aromatic rings. The largest absolute Gasteiger partial charge is 0.478 e. The van der Waals surface area contributed by atoms with Gasteiger partial charge in [0.25, 0.3) is 5.91 Å². The number of carbonyl (C=O) groups is 2. The van der Waals surface area contributed by atoms with E-state index in [4.69, 9.17) is 5.11 Å². The Kier molecular flexibility index (Phi) is 3.69. The van der Waals surface area contributed by atoms with Crippen molar-refractivity contribution in [1.82, 2.24) is 0 Å². The topological polar surface area (TPSA) is 66.4 Å². The number of carboxylic acids is 1. The van der Waals surface area contributed by atoms with Crippen LogP contribution < -0.4 is 5.32 Å². The highest BCUT2D eigenvalue weighted by molar-refractivity contribution is 6.04. The average Bonchev–Trinajstić information content (AvgIpc) is 2.75. The monoisotopic (exact) mass is 259 g/mol. The van der Waals surface area contributed by atoms with Gasteiger partial charge in [0.2, 0.25) is 0 Å². The molecule has 0 radical (unpaired) electrons. The van der Waals surface area contributed by atoms with E-state index in [1.165, 1.54) is 6.07 Å². The van der Waals surface area contributed by atoms with Crippen LogP contribution in [0.4, 0.5) is 5.69 Å². The molecule has 0 bridgehead atoms. The molecule has 0 atom stereocenters. The number of amides is 1. The van der Waals surface area contributed by atoms with Crippen molar-refractivity contribution in [3.05, 3.63) is 40.5 Å². The molecule has 0 fully saturated rings. The fraction of sp³-hybridized carbons (Fsp3) is 0.333. The minimum Gasteiger partial charge on any atom is -0.478 e. The van der Waals surface area contributed by atoms with Crippen LogP contribution in [-0.4, -0.2) is 17.0 Å². The second kappa shape index (κ2) is 5.26. The summed E-state index contributed by atoms with van der Waals surface area (Å²) in [5.74, 6) is -1.03. The van der Waals surface area contributed by atoms with E-state index in [1.54, 1.807) is 19.1 Å². The van der Waals surface area contributed by atoms with Gasteiger partial charge in [-0.3, -0.25) is 4.79 Å². The smallest absolute Gasteiger partial charge is 0.335 e. The zero-order valence-electron chi connectivity index (χ0n) is 11.1. The van der Waals surface area contributed by atoms with Crippen molar-refractivity contribution in [1.29, 1.82) is 0 Å². The van der Waals surface area contributed by atoms with Crippen molar-refractivity contribution in [2.24, 2.45) is 0 Å². The highest BCUT2D eigenvalue weighted by Crippen LogP contribution is 2.26. The third-order valence-corrected chi connectivity index (χ3v) is 3.48. The molecule has 1 aromatic carbocycles. The summed E-state index contributed by atoms with van der Waals surface area (Å²) in [4.78, 5) is 23.0. The zero-order chi connectivity index (χ0) is 14.0. The van der Waals surface area contributed by atoms with Crippen LogP contribution in [0.15, 0.2) is 29.3 Å². The lowest BCUT2D eigenvalue weighted by molar-refractivity contribution is -0.113. The number of benzene rings is 1. The van der Waals surface area contributed by atoms with Gasteiger partial charge in [0.15, 0.2) is 0 Å². The van der Waals surface area contributed by atoms with Crippen LogP contribution in [0.25, 0.3) is 0 Å². The quantitative estimate of drug-likeness (QED) is 0.876. The Hall–Kier alpha value is -2.10. The van der Waals surface area contributed by atoms with E-state index in [0.29, 0.717) is 11.3 Å². The maximum Gasteiger partial charge on any atom is 0.335 e. The average molecular weight is 259 g/mol. The number of nitrogens with one attached hydrogen (secondary N) is 1. The van der Waals surface area contributed by atoms with E-state index in [9.17, 15) is 9.59 Å². The van der Waals surface area contributed by atoms with Crippen LogP contribution in [0.5, 0.6) is 0 Å². The summed E-state index contributed by atoms with van der Waals surface area (Å²) < 4.78 is 0. The summed E-state index contributed by atoms with van der Waals surface area (Å²) in [5.41, 5.74) is 3.55. The highest BCUT2D eigenvalue weighted by atomic mass is 16.4. The van der Waals surface area contributed by atoms with E-state index in [2.05, 4.69) is 5.32 Å². The van der Waals surface area contributed by atoms with Gasteiger partial charge in [-0.2, -0.15) is 0 Å². The molecule has 4 heteroatoms. The van der Waals surface area contributed by atoms with Crippen LogP contribution >= 0.6 is 0 Å². The molecule has 2 N–H and O–H groups in total. The number of aromatic carboxylic acids is 1. The molecule has 0 aromatic heterocycles. The third kappa shape index (κ3) is 2.84. The van der Waals surface area contributed by atoms with Crippen LogP contribution in [0, 0.1) is 6.92 Å². The molecule has 1 aliphatic carbocycles. The predicted molar refractivity (Wildman–Crippen MR) is 73.3 cm³/mol. The maximum atomic E-state index is 12.1. The zero-order valence-corrected chi connectivity index (χ0v) is 11.1. The summed E-state index contributed by atoms with van der Waals surface area (Å²) in [7, 11) is 0. The fourth-order valence-electron chi connectivity index (χ4n) is 2.39. The van der Waals surface area contributed by atoms with Crippen molar-refractivity contribution in [2.45, 2.75) is 33.1 Å². The molecule has 0 unspecified atom stereocenters. The standard InChI is InChI=1S/C15H17NO3/c1-9-4-3-5-12(9)14(17)16-11-6-7-13(15(18)19)10(2)8-11/h6-8H,3-5H2,1-2H3,(H,16,17)(H,18,19). The molecule has 19 heavy (non-hydrogen) atoms. The van der Waals surface area contributed by atoms with Crippen molar-refractivity contribution in [3.8, 4) is 0 Å². The first-order chi connectivity index (χ1) is 8.99. The van der Waals surface area contributed by atoms with Gasteiger partial charge in [-0.1, -0.05) is 5.57 Å². The van der Waals surface area contributed by atoms with Gasteiger partial charge in [0, 0.05) is 11.3 Å². The van der Waals surface area contributed by atoms with Gasteiger partial charge in [-0.05, 0) is 56.9 Å². The van der Waals surface area contributed by atoms with E-state index in [0.717, 1.165) is 30.4 Å². The Morgan fingerprint density at radius 2 is 1.95 bits per heavy atom. The number of hydrogen-bond donors (Lipinski definition) is 2. The van der Waals surface area contributed by atoms with Gasteiger partial charge < -0.3 is 10.4 Å². The van der Waals surface area contributed by atoms with E-state index in [1.807, 2.05) is 6.92 Å². The highest BCUT2D eigenvalue weighted by Gasteiger charge is 2.18. The number of anilines is 1. The molecular formula is C15H17NO3. The molecule has 4 nitrogen and oxygen atoms in total. The molecule has 0 aliphatic heterocycles. The van der Waals surface area contributed by atoms with Crippen LogP contribution in [0.2, 0.25) is 0 Å². The first-order valence-corrected chi connectivity index (χ1v) is 6.33. The summed E-state index contributed by atoms with van der Waals surface area (Å²) >= 11 is 0. The molecule has 0 saturated carbocycles. The Morgan fingerprint density at radius 1 is 1.21 bits per heavy atom. The first kappa shape index (κ1) is 13.3. The molecule has 1 aliphatic rings. The van der Waals surface area contributed by atoms with Gasteiger partial charge >= 0.3 is 5.97 Å². The molecule has 2 rings (SSSR count). The van der Waals surface area contributed by atoms with Crippen molar-refractivity contribution in [2.75, 3.05) is 5.32 Å². The molecule has 0 saturated heterocycles. The van der Waals surface area contributed by atoms with Crippen molar-refractivity contribution in [3.63, 3.8) is 0 Å². The molecule has 0 spiro atoms. The molecule has 1 amide bonds. The Labute approximate surface area is 112 Å². The van der Waals surface area contributed by atoms with E-state index < -0.39 is 5.97 Å². The summed E-state index contributed by atoms with van der Waals surface area (Å²) in [6.07, 6.45) is 2.84. The number of aryl methyl sites for hydroxylation is 1. The number of allylic oxidation sites excluding steroid dienone is 1. The predicted octanol–water partition coefficient (Wildman–Crippen LogP) is 3.13. The van der Waals surface area contributed by atoms with Gasteiger partial charge in [-0.25, -0.2) is 4.79 Å². The SMILES string of the molecule is CC1=C(C(=O)Nc2ccc(C(=O)O)c(C)c2)CCC1. The second-order valence-corrected chi connectivity index (χ2v) is 4.90. The Balaban J connectivity index is 2.16. The fourth-order valence-corrected chi connectivity index (χ4v) is 2.39. The number of rotatable bonds is 3. The summed E-state index contributed by atoms with van der Waals surface area (Å²) in [6, 6.07) is 4.83. The second-order valence-electron chi connectivity index (χ2n) is 4.90. The summed E-state index contributed by atoms with van der Waals surface area (Å²) in [6.45, 7) is 3.71. The van der Waals surface area contributed by atoms with Gasteiger partial charge in [0.1, 0.15) is 0 Å². The van der Waals surface area contributed by atoms with Crippen LogP contribution in [0.1, 0.15) is 42.1 Å². The molecular weight excluding hydrogens is 242 g/mol. The van der Waals surface area contributed by atoms with Crippen molar-refractivity contribution < 1.29 is 14.7 Å². The molecule has 100 valence electrons. The lowest BCUT2D eigenvalue weighted by Crippen LogP contribution is -2.14. The lowest BCUT2D eigenvalue weighted by Gasteiger charge is -2.09. The van der Waals surface area contributed by atoms with Crippen molar-refractivity contribution >= 4 is 17.6 Å². The minimum absolute atomic E-state index is 0.0718. The van der Waals surface area contributed by atoms with Gasteiger partial charge in [-0.15, -0.1) is 0 Å². The first-order valence-electron chi connectivity index (χ1n) is 6.33. The van der Waals surface area contributed by atoms with Crippen LogP contribution in [0.3, 0.4) is 0 Å². The van der Waals surface area contributed by atoms with Gasteiger partial charge in [0.05, 0.1) is 5.56 Å². The Morgan fingerprint density at radius 3 is 2.47 bits per heavy atom. The molecule has 0 heterocycles. The summed E-state index contributed by atoms with van der Waals surface area (Å²) in [5, 5.41) is 11.8. The number of carboxylic acid groups (broad SMARTS) is 1. The minimum atomic E-state index is -0.954. The number of carbonyl (C=O) groups excluding carboxylic acids is 1. The van der Waals surface area contributed by atoms with Crippen LogP contribution in [-0.2, 0) is 4.79 Å². The van der Waals surface area contributed by atoms with E-state index >= 15 is 0 Å². The van der Waals surface area contributed by atoms with E-state index in [-0.39, 0.29) is 11.5 Å². The maximum absolute atomic E-state index is 12.1. The lowest BCUT2D eigenvalue weighted by atomic mass is 10.1.